The van der Waals surface area contributed by atoms with Gasteiger partial charge in [-0.1, -0.05) is 32.9 Å². The van der Waals surface area contributed by atoms with E-state index < -0.39 is 33.3 Å². The van der Waals surface area contributed by atoms with Crippen LogP contribution in [0.25, 0.3) is 0 Å². The van der Waals surface area contributed by atoms with Crippen molar-refractivity contribution in [2.45, 2.75) is 32.6 Å². The van der Waals surface area contributed by atoms with Crippen LogP contribution in [-0.4, -0.2) is 27.5 Å². The number of hydrogen-bond donors (Lipinski definition) is 1. The molecular formula is C14H20FNO4S. The zero-order chi connectivity index (χ0) is 16.3. The quantitative estimate of drug-likeness (QED) is 0.841. The van der Waals surface area contributed by atoms with Crippen LogP contribution in [0.2, 0.25) is 0 Å². The molecule has 0 amide bonds. The lowest BCUT2D eigenvalue weighted by Crippen LogP contribution is -2.49. The summed E-state index contributed by atoms with van der Waals surface area (Å²) in [6.07, 6.45) is 0. The molecule has 0 saturated carbocycles. The van der Waals surface area contributed by atoms with E-state index in [4.69, 9.17) is 0 Å². The second-order valence-electron chi connectivity index (χ2n) is 5.83. The average molecular weight is 317 g/mol. The molecule has 0 aromatic heterocycles. The second-order valence-corrected chi connectivity index (χ2v) is 7.58. The van der Waals surface area contributed by atoms with Crippen molar-refractivity contribution < 1.29 is 22.3 Å². The zero-order valence-electron chi connectivity index (χ0n) is 12.5. The maximum absolute atomic E-state index is 12.8. The Bertz CT molecular complexity index is 590. The van der Waals surface area contributed by atoms with Gasteiger partial charge in [-0.3, -0.25) is 4.79 Å². The van der Waals surface area contributed by atoms with Crippen LogP contribution in [0.4, 0.5) is 4.39 Å². The van der Waals surface area contributed by atoms with Crippen molar-refractivity contribution in [2.75, 3.05) is 7.11 Å². The summed E-state index contributed by atoms with van der Waals surface area (Å²) in [4.78, 5) is 11.7. The number of sulfonamides is 1. The van der Waals surface area contributed by atoms with Crippen LogP contribution in [0, 0.1) is 11.2 Å². The first kappa shape index (κ1) is 17.6. The molecule has 1 unspecified atom stereocenters. The smallest absolute Gasteiger partial charge is 0.324 e. The maximum atomic E-state index is 12.8. The summed E-state index contributed by atoms with van der Waals surface area (Å²) in [6, 6.07) is 4.16. The molecule has 1 N–H and O–H groups in total. The number of carbonyl (C=O) groups is 1. The number of benzene rings is 1. The third-order valence-electron chi connectivity index (χ3n) is 2.87. The molecule has 0 fully saturated rings. The molecule has 0 aliphatic heterocycles. The molecule has 1 aromatic carbocycles. The summed E-state index contributed by atoms with van der Waals surface area (Å²) in [5.74, 6) is -1.42. The third kappa shape index (κ3) is 5.43. The molecule has 0 aliphatic rings. The summed E-state index contributed by atoms with van der Waals surface area (Å²) in [6.45, 7) is 5.19. The molecule has 0 bridgehead atoms. The highest BCUT2D eigenvalue weighted by Crippen LogP contribution is 2.21. The zero-order valence-corrected chi connectivity index (χ0v) is 13.3. The number of esters is 1. The van der Waals surface area contributed by atoms with Gasteiger partial charge in [0.2, 0.25) is 10.0 Å². The van der Waals surface area contributed by atoms with Gasteiger partial charge in [-0.2, -0.15) is 0 Å². The number of carbonyl (C=O) groups excluding carboxylic acids is 1. The lowest BCUT2D eigenvalue weighted by atomic mass is 9.87. The largest absolute Gasteiger partial charge is 0.468 e. The van der Waals surface area contributed by atoms with E-state index >= 15 is 0 Å². The van der Waals surface area contributed by atoms with E-state index in [1.165, 1.54) is 31.4 Å². The Morgan fingerprint density at radius 2 is 1.81 bits per heavy atom. The molecule has 7 heteroatoms. The van der Waals surface area contributed by atoms with E-state index in [2.05, 4.69) is 9.46 Å². The van der Waals surface area contributed by atoms with E-state index in [1.54, 1.807) is 20.8 Å². The Hall–Kier alpha value is -1.47. The molecule has 1 rings (SSSR count). The van der Waals surface area contributed by atoms with Crippen molar-refractivity contribution in [3.63, 3.8) is 0 Å². The molecule has 0 saturated heterocycles. The van der Waals surface area contributed by atoms with Gasteiger partial charge < -0.3 is 4.74 Å². The predicted molar refractivity (Wildman–Crippen MR) is 77.4 cm³/mol. The summed E-state index contributed by atoms with van der Waals surface area (Å²) in [7, 11) is -2.55. The minimum atomic E-state index is -3.76. The topological polar surface area (TPSA) is 72.5 Å². The molecule has 0 spiro atoms. The third-order valence-corrected chi connectivity index (χ3v) is 4.18. The fourth-order valence-corrected chi connectivity index (χ4v) is 3.24. The van der Waals surface area contributed by atoms with Gasteiger partial charge in [0.05, 0.1) is 12.9 Å². The van der Waals surface area contributed by atoms with Crippen molar-refractivity contribution in [1.82, 2.24) is 4.72 Å². The molecule has 0 radical (unpaired) electrons. The number of methoxy groups -OCH3 is 1. The lowest BCUT2D eigenvalue weighted by Gasteiger charge is -2.28. The monoisotopic (exact) mass is 317 g/mol. The summed E-state index contributed by atoms with van der Waals surface area (Å²) >= 11 is 0. The van der Waals surface area contributed by atoms with E-state index in [0.717, 1.165) is 0 Å². The molecule has 118 valence electrons. The van der Waals surface area contributed by atoms with Gasteiger partial charge in [-0.25, -0.2) is 17.5 Å². The van der Waals surface area contributed by atoms with Crippen LogP contribution in [0.15, 0.2) is 24.3 Å². The van der Waals surface area contributed by atoms with Gasteiger partial charge in [-0.15, -0.1) is 0 Å². The highest BCUT2D eigenvalue weighted by Gasteiger charge is 2.35. The van der Waals surface area contributed by atoms with Gasteiger partial charge in [0.25, 0.3) is 0 Å². The number of ether oxygens (including phenoxy) is 1. The highest BCUT2D eigenvalue weighted by molar-refractivity contribution is 7.88. The van der Waals surface area contributed by atoms with Crippen LogP contribution < -0.4 is 4.72 Å². The maximum Gasteiger partial charge on any atom is 0.324 e. The Labute approximate surface area is 124 Å². The van der Waals surface area contributed by atoms with Crippen LogP contribution in [0.1, 0.15) is 26.3 Å². The first-order valence-electron chi connectivity index (χ1n) is 6.37. The molecule has 1 aromatic rings. The minimum Gasteiger partial charge on any atom is -0.468 e. The van der Waals surface area contributed by atoms with Crippen LogP contribution >= 0.6 is 0 Å². The van der Waals surface area contributed by atoms with Gasteiger partial charge in [-0.05, 0) is 23.1 Å². The van der Waals surface area contributed by atoms with Crippen LogP contribution in [0.3, 0.4) is 0 Å². The standard InChI is InChI=1S/C14H20FNO4S/c1-14(2,3)12(13(17)20-4)16-21(18,19)9-10-5-7-11(15)8-6-10/h5-8,12,16H,9H2,1-4H3. The normalized spacial score (nSPS) is 13.8. The van der Waals surface area contributed by atoms with Crippen molar-refractivity contribution in [1.29, 1.82) is 0 Å². The van der Waals surface area contributed by atoms with E-state index in [1.807, 2.05) is 0 Å². The minimum absolute atomic E-state index is 0.336. The van der Waals surface area contributed by atoms with E-state index in [9.17, 15) is 17.6 Å². The van der Waals surface area contributed by atoms with Gasteiger partial charge >= 0.3 is 5.97 Å². The molecule has 5 nitrogen and oxygen atoms in total. The molecule has 0 heterocycles. The lowest BCUT2D eigenvalue weighted by molar-refractivity contribution is -0.145. The number of hydrogen-bond acceptors (Lipinski definition) is 4. The number of halogens is 1. The fourth-order valence-electron chi connectivity index (χ4n) is 1.72. The number of rotatable bonds is 5. The van der Waals surface area contributed by atoms with Crippen molar-refractivity contribution in [3.8, 4) is 0 Å². The first-order valence-corrected chi connectivity index (χ1v) is 8.02. The van der Waals surface area contributed by atoms with Crippen molar-refractivity contribution >= 4 is 16.0 Å². The van der Waals surface area contributed by atoms with Gasteiger partial charge in [0.1, 0.15) is 11.9 Å². The molecule has 1 atom stereocenters. The first-order chi connectivity index (χ1) is 9.55. The summed E-state index contributed by atoms with van der Waals surface area (Å²) in [5.41, 5.74) is -0.204. The van der Waals surface area contributed by atoms with Crippen molar-refractivity contribution in [3.05, 3.63) is 35.6 Å². The van der Waals surface area contributed by atoms with Crippen LogP contribution in [0.5, 0.6) is 0 Å². The second kappa shape index (κ2) is 6.53. The fraction of sp³-hybridized carbons (Fsp3) is 0.500. The molecular weight excluding hydrogens is 297 g/mol. The number of nitrogens with one attached hydrogen (secondary N) is 1. The van der Waals surface area contributed by atoms with Crippen molar-refractivity contribution in [2.24, 2.45) is 5.41 Å². The summed E-state index contributed by atoms with van der Waals surface area (Å²) < 4.78 is 44.1. The highest BCUT2D eigenvalue weighted by atomic mass is 32.2. The molecule has 21 heavy (non-hydrogen) atoms. The van der Waals surface area contributed by atoms with E-state index in [-0.39, 0.29) is 5.75 Å². The predicted octanol–water partition coefficient (Wildman–Crippen LogP) is 1.83. The van der Waals surface area contributed by atoms with Gasteiger partial charge in [0, 0.05) is 0 Å². The average Bonchev–Trinajstić information content (AvgIpc) is 2.36. The Kier molecular flexibility index (Phi) is 5.47. The molecule has 0 aliphatic carbocycles. The Balaban J connectivity index is 2.91. The Morgan fingerprint density at radius 1 is 1.29 bits per heavy atom. The Morgan fingerprint density at radius 3 is 2.24 bits per heavy atom. The van der Waals surface area contributed by atoms with E-state index in [0.29, 0.717) is 5.56 Å². The SMILES string of the molecule is COC(=O)C(NS(=O)(=O)Cc1ccc(F)cc1)C(C)(C)C. The van der Waals surface area contributed by atoms with Crippen LogP contribution in [-0.2, 0) is 25.3 Å². The van der Waals surface area contributed by atoms with Gasteiger partial charge in [0.15, 0.2) is 0 Å². The summed E-state index contributed by atoms with van der Waals surface area (Å²) in [5, 5.41) is 0.